The van der Waals surface area contributed by atoms with Crippen molar-refractivity contribution < 1.29 is 10.2 Å². The normalized spacial score (nSPS) is 22.1. The molecule has 7 heteroatoms. The molecular weight excluding hydrogens is 408 g/mol. The van der Waals surface area contributed by atoms with E-state index >= 15 is 0 Å². The molecule has 0 saturated heterocycles. The van der Waals surface area contributed by atoms with Gasteiger partial charge in [0.2, 0.25) is 0 Å². The van der Waals surface area contributed by atoms with Crippen molar-refractivity contribution in [2.75, 3.05) is 16.8 Å². The topological polar surface area (TPSA) is 94.6 Å². The summed E-state index contributed by atoms with van der Waals surface area (Å²) in [6.45, 7) is 3.32. The van der Waals surface area contributed by atoms with Gasteiger partial charge in [-0.25, -0.2) is 4.98 Å². The van der Waals surface area contributed by atoms with Crippen LogP contribution in [0.3, 0.4) is 0 Å². The first-order chi connectivity index (χ1) is 14.9. The van der Waals surface area contributed by atoms with Crippen LogP contribution in [0.15, 0.2) is 53.4 Å². The molecule has 6 nitrogen and oxygen atoms in total. The second-order valence-electron chi connectivity index (χ2n) is 8.75. The Hall–Kier alpha value is -2.32. The van der Waals surface area contributed by atoms with Crippen LogP contribution in [0.5, 0.6) is 0 Å². The SMILES string of the molecule is Cc1ccc2nc(N3Cc4ccccc4SC(O)C3O)cc(NCCC3(N)CC3)c2c1. The summed E-state index contributed by atoms with van der Waals surface area (Å²) in [4.78, 5) is 7.60. The second-order valence-corrected chi connectivity index (χ2v) is 9.90. The third-order valence-electron chi connectivity index (χ3n) is 6.21. The molecule has 0 amide bonds. The summed E-state index contributed by atoms with van der Waals surface area (Å²) in [5, 5.41) is 26.1. The molecule has 1 saturated carbocycles. The number of aliphatic hydroxyl groups excluding tert-OH is 2. The largest absolute Gasteiger partial charge is 0.384 e. The maximum atomic E-state index is 10.9. The van der Waals surface area contributed by atoms with E-state index in [1.165, 1.54) is 11.8 Å². The van der Waals surface area contributed by atoms with Gasteiger partial charge in [-0.05, 0) is 49.9 Å². The molecule has 162 valence electrons. The number of hydrogen-bond donors (Lipinski definition) is 4. The molecule has 0 bridgehead atoms. The maximum Gasteiger partial charge on any atom is 0.164 e. The van der Waals surface area contributed by atoms with Gasteiger partial charge in [-0.15, -0.1) is 0 Å². The monoisotopic (exact) mass is 436 g/mol. The van der Waals surface area contributed by atoms with Gasteiger partial charge in [0.05, 0.1) is 5.52 Å². The first-order valence-electron chi connectivity index (χ1n) is 10.7. The number of benzene rings is 2. The fourth-order valence-corrected chi connectivity index (χ4v) is 5.03. The summed E-state index contributed by atoms with van der Waals surface area (Å²) in [6.07, 6.45) is 2.03. The Kier molecular flexibility index (Phi) is 5.30. The summed E-state index contributed by atoms with van der Waals surface area (Å²) >= 11 is 1.28. The third kappa shape index (κ3) is 4.23. The molecule has 2 aromatic carbocycles. The molecule has 1 aliphatic carbocycles. The van der Waals surface area contributed by atoms with Gasteiger partial charge in [0.25, 0.3) is 0 Å². The summed E-state index contributed by atoms with van der Waals surface area (Å²) in [7, 11) is 0. The number of rotatable bonds is 5. The lowest BCUT2D eigenvalue weighted by Gasteiger charge is -2.30. The molecule has 2 aliphatic rings. The third-order valence-corrected chi connectivity index (χ3v) is 7.35. The lowest BCUT2D eigenvalue weighted by Crippen LogP contribution is -2.41. The highest BCUT2D eigenvalue weighted by molar-refractivity contribution is 7.99. The number of thioether (sulfide) groups is 1. The molecule has 2 unspecified atom stereocenters. The Morgan fingerprint density at radius 3 is 2.81 bits per heavy atom. The molecular formula is C24H28N4O2S. The molecule has 5 N–H and O–H groups in total. The van der Waals surface area contributed by atoms with Gasteiger partial charge < -0.3 is 26.2 Å². The molecule has 1 aromatic heterocycles. The summed E-state index contributed by atoms with van der Waals surface area (Å²) in [5.41, 5.74) is 9.33. The van der Waals surface area contributed by atoms with Crippen molar-refractivity contribution in [2.24, 2.45) is 5.73 Å². The number of aliphatic hydroxyl groups is 2. The molecule has 0 spiro atoms. The fraction of sp³-hybridized carbons (Fsp3) is 0.375. The highest BCUT2D eigenvalue weighted by atomic mass is 32.2. The van der Waals surface area contributed by atoms with Gasteiger partial charge >= 0.3 is 0 Å². The van der Waals surface area contributed by atoms with Crippen LogP contribution < -0.4 is 16.0 Å². The first kappa shape index (κ1) is 20.6. The Bertz CT molecular complexity index is 1120. The van der Waals surface area contributed by atoms with E-state index in [0.29, 0.717) is 12.4 Å². The molecule has 5 rings (SSSR count). The van der Waals surface area contributed by atoms with Crippen molar-refractivity contribution in [1.29, 1.82) is 0 Å². The summed E-state index contributed by atoms with van der Waals surface area (Å²) < 4.78 is 0. The van der Waals surface area contributed by atoms with Gasteiger partial charge in [0, 0.05) is 40.7 Å². The van der Waals surface area contributed by atoms with Crippen molar-refractivity contribution in [2.45, 2.75) is 54.8 Å². The zero-order chi connectivity index (χ0) is 21.6. The standard InChI is InChI=1S/C24H28N4O2S/c1-15-6-7-18-17(12-15)19(26-11-10-24(25)8-9-24)13-21(27-18)28-14-16-4-2-3-5-20(16)31-23(30)22(28)29/h2-7,12-13,22-23,29-30H,8-11,14,25H2,1H3,(H,26,27). The van der Waals surface area contributed by atoms with Crippen LogP contribution in [0.4, 0.5) is 11.5 Å². The highest BCUT2D eigenvalue weighted by Gasteiger charge is 2.37. The smallest absolute Gasteiger partial charge is 0.164 e. The van der Waals surface area contributed by atoms with Crippen molar-refractivity contribution in [3.05, 3.63) is 59.7 Å². The number of anilines is 2. The number of aryl methyl sites for hydroxylation is 1. The number of pyridine rings is 1. The van der Waals surface area contributed by atoms with Gasteiger partial charge in [0.1, 0.15) is 11.3 Å². The minimum atomic E-state index is -1.07. The molecule has 1 fully saturated rings. The van der Waals surface area contributed by atoms with Crippen molar-refractivity contribution in [3.8, 4) is 0 Å². The lowest BCUT2D eigenvalue weighted by molar-refractivity contribution is 0.0699. The van der Waals surface area contributed by atoms with Crippen LogP contribution in [-0.4, -0.2) is 38.9 Å². The number of nitrogens with zero attached hydrogens (tertiary/aromatic N) is 2. The Morgan fingerprint density at radius 2 is 2.00 bits per heavy atom. The van der Waals surface area contributed by atoms with E-state index in [0.717, 1.165) is 58.4 Å². The van der Waals surface area contributed by atoms with E-state index in [1.54, 1.807) is 4.90 Å². The zero-order valence-corrected chi connectivity index (χ0v) is 18.4. The van der Waals surface area contributed by atoms with E-state index in [2.05, 4.69) is 18.3 Å². The van der Waals surface area contributed by atoms with Crippen LogP contribution in [0.2, 0.25) is 0 Å². The average molecular weight is 437 g/mol. The molecule has 1 aliphatic heterocycles. The van der Waals surface area contributed by atoms with E-state index in [-0.39, 0.29) is 5.54 Å². The van der Waals surface area contributed by atoms with Crippen LogP contribution in [0, 0.1) is 6.92 Å². The second kappa shape index (κ2) is 7.98. The Balaban J connectivity index is 1.53. The molecule has 2 heterocycles. The highest BCUT2D eigenvalue weighted by Crippen LogP contribution is 2.38. The maximum absolute atomic E-state index is 10.9. The van der Waals surface area contributed by atoms with Gasteiger partial charge in [-0.2, -0.15) is 0 Å². The number of nitrogens with one attached hydrogen (secondary N) is 1. The molecule has 2 atom stereocenters. The number of aromatic nitrogens is 1. The zero-order valence-electron chi connectivity index (χ0n) is 17.6. The van der Waals surface area contributed by atoms with Crippen LogP contribution >= 0.6 is 11.8 Å². The summed E-state index contributed by atoms with van der Waals surface area (Å²) in [6, 6.07) is 16.1. The van der Waals surface area contributed by atoms with Crippen LogP contribution in [-0.2, 0) is 6.54 Å². The van der Waals surface area contributed by atoms with E-state index in [4.69, 9.17) is 10.7 Å². The van der Waals surface area contributed by atoms with Gasteiger partial charge in [0.15, 0.2) is 6.23 Å². The quantitative estimate of drug-likeness (QED) is 0.486. The predicted octanol–water partition coefficient (Wildman–Crippen LogP) is 3.59. The van der Waals surface area contributed by atoms with E-state index in [9.17, 15) is 10.2 Å². The van der Waals surface area contributed by atoms with Crippen molar-refractivity contribution >= 4 is 34.2 Å². The number of hydrogen-bond acceptors (Lipinski definition) is 7. The Morgan fingerprint density at radius 1 is 1.19 bits per heavy atom. The lowest BCUT2D eigenvalue weighted by atomic mass is 10.1. The van der Waals surface area contributed by atoms with Crippen LogP contribution in [0.1, 0.15) is 30.4 Å². The minimum Gasteiger partial charge on any atom is -0.384 e. The van der Waals surface area contributed by atoms with Gasteiger partial charge in [-0.1, -0.05) is 41.6 Å². The number of nitrogens with two attached hydrogens (primary N) is 1. The van der Waals surface area contributed by atoms with Crippen LogP contribution in [0.25, 0.3) is 10.9 Å². The minimum absolute atomic E-state index is 0.0133. The molecule has 3 aromatic rings. The number of fused-ring (bicyclic) bond motifs is 2. The van der Waals surface area contributed by atoms with Gasteiger partial charge in [-0.3, -0.25) is 0 Å². The van der Waals surface area contributed by atoms with Crippen molar-refractivity contribution in [3.63, 3.8) is 0 Å². The molecule has 31 heavy (non-hydrogen) atoms. The van der Waals surface area contributed by atoms with Crippen molar-refractivity contribution in [1.82, 2.24) is 4.98 Å². The summed E-state index contributed by atoms with van der Waals surface area (Å²) in [5.74, 6) is 0.636. The molecule has 0 radical (unpaired) electrons. The fourth-order valence-electron chi connectivity index (χ4n) is 4.06. The van der Waals surface area contributed by atoms with E-state index in [1.807, 2.05) is 42.5 Å². The Labute approximate surface area is 186 Å². The predicted molar refractivity (Wildman–Crippen MR) is 126 cm³/mol. The first-order valence-corrected chi connectivity index (χ1v) is 11.6. The average Bonchev–Trinajstić information content (AvgIpc) is 3.51. The van der Waals surface area contributed by atoms with E-state index < -0.39 is 11.7 Å².